The molecule has 1 heterocycles. The zero-order chi connectivity index (χ0) is 14.9. The van der Waals surface area contributed by atoms with Crippen molar-refractivity contribution in [1.29, 1.82) is 0 Å². The van der Waals surface area contributed by atoms with Crippen molar-refractivity contribution < 1.29 is 19.4 Å². The van der Waals surface area contributed by atoms with Crippen LogP contribution in [0.5, 0.6) is 0 Å². The van der Waals surface area contributed by atoms with Crippen LogP contribution in [0.15, 0.2) is 30.3 Å². The highest BCUT2D eigenvalue weighted by Gasteiger charge is 2.24. The van der Waals surface area contributed by atoms with Crippen LogP contribution in [0.1, 0.15) is 37.7 Å². The predicted octanol–water partition coefficient (Wildman–Crippen LogP) is 2.18. The van der Waals surface area contributed by atoms with Crippen molar-refractivity contribution >= 4 is 23.0 Å². The highest BCUT2D eigenvalue weighted by Crippen LogP contribution is 2.22. The molecule has 0 fully saturated rings. The van der Waals surface area contributed by atoms with Gasteiger partial charge in [0.15, 0.2) is 0 Å². The number of hydrogen-bond donors (Lipinski definition) is 0. The van der Waals surface area contributed by atoms with Gasteiger partial charge >= 0.3 is 6.09 Å². The normalized spacial score (nSPS) is 11.6. The second-order valence-electron chi connectivity index (χ2n) is 5.19. The van der Waals surface area contributed by atoms with Crippen LogP contribution in [0.2, 0.25) is 0 Å². The van der Waals surface area contributed by atoms with E-state index in [0.29, 0.717) is 17.3 Å². The number of aromatic nitrogens is 1. The lowest BCUT2D eigenvalue weighted by molar-refractivity contribution is -0.255. The maximum atomic E-state index is 12.3. The summed E-state index contributed by atoms with van der Waals surface area (Å²) in [5.41, 5.74) is -0.377. The van der Waals surface area contributed by atoms with Crippen LogP contribution in [0.3, 0.4) is 0 Å². The van der Waals surface area contributed by atoms with E-state index in [0.717, 1.165) is 4.57 Å². The third-order valence-corrected chi connectivity index (χ3v) is 3.32. The lowest BCUT2D eigenvalue weighted by atomic mass is 10.1. The second kappa shape index (κ2) is 5.00. The van der Waals surface area contributed by atoms with Gasteiger partial charge < -0.3 is 14.6 Å². The van der Waals surface area contributed by atoms with Gasteiger partial charge in [-0.15, -0.1) is 0 Å². The van der Waals surface area contributed by atoms with E-state index >= 15 is 0 Å². The van der Waals surface area contributed by atoms with Crippen molar-refractivity contribution in [3.63, 3.8) is 0 Å². The Bertz CT molecular complexity index is 670. The van der Waals surface area contributed by atoms with Crippen molar-refractivity contribution in [3.8, 4) is 0 Å². The average Bonchev–Trinajstić information content (AvgIpc) is 2.77. The molecule has 0 N–H and O–H groups in total. The second-order valence-corrected chi connectivity index (χ2v) is 5.19. The average molecular weight is 274 g/mol. The predicted molar refractivity (Wildman–Crippen MR) is 72.5 cm³/mol. The highest BCUT2D eigenvalue weighted by atomic mass is 16.6. The van der Waals surface area contributed by atoms with Crippen molar-refractivity contribution in [2.75, 3.05) is 0 Å². The SMILES string of the molecule is CCC(C)(C)OC(=O)n1c(C(=O)[O-])cc2ccccc21. The number of carbonyl (C=O) groups is 2. The molecule has 1 aromatic carbocycles. The van der Waals surface area contributed by atoms with Gasteiger partial charge in [0.2, 0.25) is 0 Å². The fourth-order valence-corrected chi connectivity index (χ4v) is 1.86. The minimum Gasteiger partial charge on any atom is -0.543 e. The smallest absolute Gasteiger partial charge is 0.419 e. The van der Waals surface area contributed by atoms with E-state index in [4.69, 9.17) is 4.74 Å². The van der Waals surface area contributed by atoms with Gasteiger partial charge in [-0.05, 0) is 32.4 Å². The molecule has 0 radical (unpaired) electrons. The number of para-hydroxylation sites is 1. The molecule has 0 amide bonds. The van der Waals surface area contributed by atoms with E-state index in [9.17, 15) is 14.7 Å². The molecule has 0 unspecified atom stereocenters. The Hall–Kier alpha value is -2.30. The molecule has 0 aliphatic heterocycles. The Kier molecular flexibility index (Phi) is 3.53. The number of hydrogen-bond acceptors (Lipinski definition) is 4. The Labute approximate surface area is 116 Å². The molecule has 0 saturated heterocycles. The summed E-state index contributed by atoms with van der Waals surface area (Å²) >= 11 is 0. The molecule has 106 valence electrons. The van der Waals surface area contributed by atoms with Gasteiger partial charge in [-0.25, -0.2) is 9.36 Å². The molecule has 0 bridgehead atoms. The maximum Gasteiger partial charge on any atom is 0.419 e. The Morgan fingerprint density at radius 1 is 1.30 bits per heavy atom. The van der Waals surface area contributed by atoms with Crippen molar-refractivity contribution in [2.45, 2.75) is 32.8 Å². The maximum absolute atomic E-state index is 12.3. The number of aromatic carboxylic acids is 1. The topological polar surface area (TPSA) is 71.4 Å². The number of rotatable bonds is 3. The minimum atomic E-state index is -1.41. The number of carboxylic acids is 1. The first-order valence-corrected chi connectivity index (χ1v) is 6.41. The number of carbonyl (C=O) groups excluding carboxylic acids is 2. The standard InChI is InChI=1S/C15H17NO4/c1-4-15(2,3)20-14(19)16-11-8-6-5-7-10(11)9-12(16)13(17)18/h5-9H,4H2,1-3H3,(H,17,18)/p-1. The quantitative estimate of drug-likeness (QED) is 0.860. The summed E-state index contributed by atoms with van der Waals surface area (Å²) in [6.45, 7) is 5.44. The van der Waals surface area contributed by atoms with Crippen molar-refractivity contribution in [3.05, 3.63) is 36.0 Å². The van der Waals surface area contributed by atoms with E-state index in [1.807, 2.05) is 6.92 Å². The van der Waals surface area contributed by atoms with E-state index in [1.54, 1.807) is 38.1 Å². The van der Waals surface area contributed by atoms with Gasteiger partial charge in [0.05, 0.1) is 17.2 Å². The summed E-state index contributed by atoms with van der Waals surface area (Å²) in [6, 6.07) is 8.31. The third-order valence-electron chi connectivity index (χ3n) is 3.32. The molecule has 1 aromatic heterocycles. The first-order chi connectivity index (χ1) is 9.35. The molecule has 0 atom stereocenters. The zero-order valence-electron chi connectivity index (χ0n) is 11.7. The van der Waals surface area contributed by atoms with Gasteiger partial charge in [0.25, 0.3) is 0 Å². The van der Waals surface area contributed by atoms with Crippen molar-refractivity contribution in [2.24, 2.45) is 0 Å². The van der Waals surface area contributed by atoms with Crippen LogP contribution in [-0.4, -0.2) is 22.2 Å². The first kappa shape index (κ1) is 14.1. The molecule has 2 aromatic rings. The number of benzene rings is 1. The van der Waals surface area contributed by atoms with Crippen molar-refractivity contribution in [1.82, 2.24) is 4.57 Å². The van der Waals surface area contributed by atoms with Gasteiger partial charge in [-0.3, -0.25) is 0 Å². The minimum absolute atomic E-state index is 0.205. The Morgan fingerprint density at radius 2 is 1.95 bits per heavy atom. The third kappa shape index (κ3) is 2.52. The Balaban J connectivity index is 2.54. The molecule has 0 saturated carbocycles. The van der Waals surface area contributed by atoms with Crippen LogP contribution in [0.4, 0.5) is 4.79 Å². The number of fused-ring (bicyclic) bond motifs is 1. The van der Waals surface area contributed by atoms with E-state index in [2.05, 4.69) is 0 Å². The largest absolute Gasteiger partial charge is 0.543 e. The van der Waals surface area contributed by atoms with Crippen LogP contribution in [-0.2, 0) is 4.74 Å². The number of ether oxygens (including phenoxy) is 1. The van der Waals surface area contributed by atoms with Crippen LogP contribution >= 0.6 is 0 Å². The highest BCUT2D eigenvalue weighted by molar-refractivity contribution is 6.00. The molecule has 20 heavy (non-hydrogen) atoms. The van der Waals surface area contributed by atoms with E-state index < -0.39 is 17.7 Å². The molecular formula is C15H16NO4-. The monoisotopic (exact) mass is 274 g/mol. The van der Waals surface area contributed by atoms with Gasteiger partial charge in [-0.2, -0.15) is 0 Å². The summed E-state index contributed by atoms with van der Waals surface area (Å²) in [5, 5.41) is 11.8. The molecule has 5 nitrogen and oxygen atoms in total. The lowest BCUT2D eigenvalue weighted by Crippen LogP contribution is -2.33. The number of nitrogens with zero attached hydrogens (tertiary/aromatic N) is 1. The fourth-order valence-electron chi connectivity index (χ4n) is 1.86. The molecular weight excluding hydrogens is 258 g/mol. The lowest BCUT2D eigenvalue weighted by Gasteiger charge is -2.24. The molecule has 0 spiro atoms. The first-order valence-electron chi connectivity index (χ1n) is 6.41. The van der Waals surface area contributed by atoms with Crippen LogP contribution in [0.25, 0.3) is 10.9 Å². The molecule has 5 heteroatoms. The van der Waals surface area contributed by atoms with Crippen LogP contribution < -0.4 is 5.11 Å². The van der Waals surface area contributed by atoms with Crippen LogP contribution in [0, 0.1) is 0 Å². The summed E-state index contributed by atoms with van der Waals surface area (Å²) in [7, 11) is 0. The number of carboxylic acid groups (broad SMARTS) is 1. The zero-order valence-corrected chi connectivity index (χ0v) is 11.7. The summed E-state index contributed by atoms with van der Waals surface area (Å²) in [5.74, 6) is -1.41. The molecule has 0 aliphatic rings. The fraction of sp³-hybridized carbons (Fsp3) is 0.333. The van der Waals surface area contributed by atoms with Gasteiger partial charge in [0.1, 0.15) is 5.60 Å². The Morgan fingerprint density at radius 3 is 2.55 bits per heavy atom. The molecule has 2 rings (SSSR count). The summed E-state index contributed by atoms with van der Waals surface area (Å²) in [4.78, 5) is 23.5. The van der Waals surface area contributed by atoms with E-state index in [1.165, 1.54) is 6.07 Å². The molecule has 0 aliphatic carbocycles. The van der Waals surface area contributed by atoms with Gasteiger partial charge in [-0.1, -0.05) is 25.1 Å². The van der Waals surface area contributed by atoms with E-state index in [-0.39, 0.29) is 5.69 Å². The summed E-state index contributed by atoms with van der Waals surface area (Å²) < 4.78 is 6.41. The van der Waals surface area contributed by atoms with Gasteiger partial charge in [0, 0.05) is 5.39 Å². The summed E-state index contributed by atoms with van der Waals surface area (Å²) in [6.07, 6.45) is -0.0873.